The van der Waals surface area contributed by atoms with Crippen LogP contribution in [0.25, 0.3) is 0 Å². The van der Waals surface area contributed by atoms with Gasteiger partial charge in [0.05, 0.1) is 11.8 Å². The molecule has 1 aliphatic rings. The van der Waals surface area contributed by atoms with Crippen LogP contribution in [0.2, 0.25) is 0 Å². The van der Waals surface area contributed by atoms with Crippen LogP contribution in [-0.2, 0) is 4.74 Å². The second-order valence-electron chi connectivity index (χ2n) is 5.38. The summed E-state index contributed by atoms with van der Waals surface area (Å²) in [6.45, 7) is 1.35. The Morgan fingerprint density at radius 2 is 2.26 bits per heavy atom. The average Bonchev–Trinajstić information content (AvgIpc) is 3.08. The molecule has 120 valence electrons. The first-order chi connectivity index (χ1) is 11.2. The Morgan fingerprint density at radius 1 is 1.35 bits per heavy atom. The van der Waals surface area contributed by atoms with Crippen molar-refractivity contribution in [2.45, 2.75) is 18.9 Å². The Kier molecular flexibility index (Phi) is 4.83. The van der Waals surface area contributed by atoms with Crippen LogP contribution in [0.5, 0.6) is 0 Å². The van der Waals surface area contributed by atoms with Gasteiger partial charge in [0.2, 0.25) is 0 Å². The summed E-state index contributed by atoms with van der Waals surface area (Å²) in [4.78, 5) is 15.9. The lowest BCUT2D eigenvalue weighted by Crippen LogP contribution is -2.19. The fraction of sp³-hybridized carbons (Fsp3) is 0.294. The minimum Gasteiger partial charge on any atom is -0.380 e. The van der Waals surface area contributed by atoms with Crippen molar-refractivity contribution in [3.05, 3.63) is 54.1 Å². The van der Waals surface area contributed by atoms with Gasteiger partial charge in [0.1, 0.15) is 11.5 Å². The molecule has 1 saturated heterocycles. The highest BCUT2D eigenvalue weighted by Gasteiger charge is 2.16. The summed E-state index contributed by atoms with van der Waals surface area (Å²) in [6, 6.07) is 9.60. The van der Waals surface area contributed by atoms with Crippen molar-refractivity contribution >= 4 is 17.3 Å². The van der Waals surface area contributed by atoms with Crippen LogP contribution in [0.3, 0.4) is 0 Å². The third-order valence-corrected chi connectivity index (χ3v) is 3.67. The number of hydrogen-bond acceptors (Lipinski definition) is 4. The van der Waals surface area contributed by atoms with Gasteiger partial charge in [-0.15, -0.1) is 0 Å². The van der Waals surface area contributed by atoms with Crippen molar-refractivity contribution in [2.24, 2.45) is 0 Å². The lowest BCUT2D eigenvalue weighted by atomic mass is 10.2. The van der Waals surface area contributed by atoms with Crippen LogP contribution in [0.1, 0.15) is 23.3 Å². The summed E-state index contributed by atoms with van der Waals surface area (Å²) in [5.74, 6) is -0.785. The Labute approximate surface area is 133 Å². The van der Waals surface area contributed by atoms with Crippen molar-refractivity contribution in [3.63, 3.8) is 0 Å². The van der Waals surface area contributed by atoms with Gasteiger partial charge in [0, 0.05) is 25.0 Å². The molecule has 6 heteroatoms. The van der Waals surface area contributed by atoms with Crippen LogP contribution in [-0.4, -0.2) is 30.1 Å². The van der Waals surface area contributed by atoms with E-state index in [2.05, 4.69) is 15.6 Å². The summed E-state index contributed by atoms with van der Waals surface area (Å²) < 4.78 is 19.6. The molecule has 2 heterocycles. The maximum atomic E-state index is 14.1. The number of nitrogens with zero attached hydrogens (tertiary/aromatic N) is 1. The number of carbonyl (C=O) groups excluding carboxylic acids is 1. The number of anilines is 2. The fourth-order valence-electron chi connectivity index (χ4n) is 2.46. The van der Waals surface area contributed by atoms with Crippen molar-refractivity contribution in [3.8, 4) is 0 Å². The summed E-state index contributed by atoms with van der Waals surface area (Å²) in [5, 5.41) is 5.67. The molecule has 5 nitrogen and oxygen atoms in total. The molecule has 1 amide bonds. The zero-order chi connectivity index (χ0) is 16.1. The molecule has 0 radical (unpaired) electrons. The summed E-state index contributed by atoms with van der Waals surface area (Å²) >= 11 is 0. The maximum absolute atomic E-state index is 14.1. The van der Waals surface area contributed by atoms with Gasteiger partial charge >= 0.3 is 0 Å². The van der Waals surface area contributed by atoms with E-state index in [0.29, 0.717) is 17.9 Å². The predicted octanol–water partition coefficient (Wildman–Crippen LogP) is 3.06. The molecule has 1 aromatic heterocycles. The lowest BCUT2D eigenvalue weighted by Gasteiger charge is -2.13. The van der Waals surface area contributed by atoms with E-state index in [0.717, 1.165) is 19.4 Å². The molecule has 1 fully saturated rings. The molecule has 1 atom stereocenters. The number of aromatic nitrogens is 1. The van der Waals surface area contributed by atoms with Gasteiger partial charge in [-0.25, -0.2) is 4.39 Å². The maximum Gasteiger partial charge on any atom is 0.274 e. The number of amides is 1. The second-order valence-corrected chi connectivity index (χ2v) is 5.38. The highest BCUT2D eigenvalue weighted by Crippen LogP contribution is 2.20. The summed E-state index contributed by atoms with van der Waals surface area (Å²) in [6.07, 6.45) is 3.71. The van der Waals surface area contributed by atoms with E-state index in [9.17, 15) is 9.18 Å². The normalized spacial score (nSPS) is 17.0. The monoisotopic (exact) mass is 315 g/mol. The van der Waals surface area contributed by atoms with E-state index >= 15 is 0 Å². The zero-order valence-electron chi connectivity index (χ0n) is 12.6. The van der Waals surface area contributed by atoms with E-state index in [-0.39, 0.29) is 17.7 Å². The molecule has 0 aliphatic carbocycles. The largest absolute Gasteiger partial charge is 0.380 e. The van der Waals surface area contributed by atoms with Gasteiger partial charge in [-0.3, -0.25) is 9.78 Å². The number of benzene rings is 1. The molecule has 1 aliphatic heterocycles. The van der Waals surface area contributed by atoms with Gasteiger partial charge < -0.3 is 15.4 Å². The van der Waals surface area contributed by atoms with Crippen molar-refractivity contribution < 1.29 is 13.9 Å². The molecular formula is C17H18FN3O2. The van der Waals surface area contributed by atoms with Gasteiger partial charge in [0.15, 0.2) is 0 Å². The number of ether oxygens (including phenoxy) is 1. The fourth-order valence-corrected chi connectivity index (χ4v) is 2.46. The second kappa shape index (κ2) is 7.19. The molecule has 0 bridgehead atoms. The lowest BCUT2D eigenvalue weighted by molar-refractivity contribution is 0.102. The quantitative estimate of drug-likeness (QED) is 0.890. The van der Waals surface area contributed by atoms with E-state index in [1.165, 1.54) is 12.3 Å². The van der Waals surface area contributed by atoms with Crippen LogP contribution in [0, 0.1) is 5.82 Å². The molecule has 0 saturated carbocycles. The third-order valence-electron chi connectivity index (χ3n) is 3.67. The van der Waals surface area contributed by atoms with Gasteiger partial charge in [-0.2, -0.15) is 0 Å². The predicted molar refractivity (Wildman–Crippen MR) is 86.1 cm³/mol. The summed E-state index contributed by atoms with van der Waals surface area (Å²) in [7, 11) is 0. The Hall–Kier alpha value is -2.47. The van der Waals surface area contributed by atoms with E-state index in [1.54, 1.807) is 30.3 Å². The van der Waals surface area contributed by atoms with Gasteiger partial charge in [-0.05, 0) is 43.2 Å². The molecule has 2 N–H and O–H groups in total. The number of rotatable bonds is 5. The number of carbonyl (C=O) groups is 1. The molecule has 23 heavy (non-hydrogen) atoms. The first-order valence-corrected chi connectivity index (χ1v) is 7.60. The number of nitrogens with one attached hydrogen (secondary N) is 2. The smallest absolute Gasteiger partial charge is 0.274 e. The molecular weight excluding hydrogens is 297 g/mol. The summed E-state index contributed by atoms with van der Waals surface area (Å²) in [5.41, 5.74) is 1.07. The van der Waals surface area contributed by atoms with Crippen molar-refractivity contribution in [1.29, 1.82) is 0 Å². The first kappa shape index (κ1) is 15.4. The van der Waals surface area contributed by atoms with Crippen LogP contribution in [0.15, 0.2) is 42.6 Å². The minimum atomic E-state index is -0.415. The molecule has 2 aromatic rings. The molecule has 0 unspecified atom stereocenters. The minimum absolute atomic E-state index is 0.137. The van der Waals surface area contributed by atoms with E-state index in [4.69, 9.17) is 4.74 Å². The average molecular weight is 315 g/mol. The van der Waals surface area contributed by atoms with Crippen molar-refractivity contribution in [1.82, 2.24) is 4.98 Å². The Bertz CT molecular complexity index is 673. The van der Waals surface area contributed by atoms with Crippen LogP contribution < -0.4 is 10.6 Å². The molecule has 1 aromatic carbocycles. The van der Waals surface area contributed by atoms with Crippen molar-refractivity contribution in [2.75, 3.05) is 23.8 Å². The molecule has 3 rings (SSSR count). The Morgan fingerprint density at radius 3 is 2.96 bits per heavy atom. The van der Waals surface area contributed by atoms with E-state index in [1.807, 2.05) is 0 Å². The number of hydrogen-bond donors (Lipinski definition) is 2. The highest BCUT2D eigenvalue weighted by molar-refractivity contribution is 6.02. The number of pyridine rings is 1. The van der Waals surface area contributed by atoms with Gasteiger partial charge in [-0.1, -0.05) is 6.07 Å². The molecule has 0 spiro atoms. The van der Waals surface area contributed by atoms with Gasteiger partial charge in [0.25, 0.3) is 5.91 Å². The van der Waals surface area contributed by atoms with E-state index < -0.39 is 5.82 Å². The SMILES string of the molecule is O=C(Nc1ccc(NC[C@@H]2CCCO2)c(F)c1)c1ccccn1. The Balaban J connectivity index is 1.61. The highest BCUT2D eigenvalue weighted by atomic mass is 19.1. The van der Waals surface area contributed by atoms with Crippen LogP contribution >= 0.6 is 0 Å². The van der Waals surface area contributed by atoms with Crippen LogP contribution in [0.4, 0.5) is 15.8 Å². The first-order valence-electron chi connectivity index (χ1n) is 7.60. The standard InChI is InChI=1S/C17H18FN3O2/c18-14-10-12(21-17(22)16-5-1-2-8-19-16)6-7-15(14)20-11-13-4-3-9-23-13/h1-2,5-8,10,13,20H,3-4,9,11H2,(H,21,22)/t13-/m0/s1. The topological polar surface area (TPSA) is 63.2 Å². The number of halogens is 1. The third kappa shape index (κ3) is 4.04. The zero-order valence-corrected chi connectivity index (χ0v) is 12.6.